The van der Waals surface area contributed by atoms with Crippen LogP contribution in [-0.4, -0.2) is 59.9 Å². The van der Waals surface area contributed by atoms with Gasteiger partial charge in [0.25, 0.3) is 0 Å². The summed E-state index contributed by atoms with van der Waals surface area (Å²) in [6, 6.07) is -1.54. The van der Waals surface area contributed by atoms with Crippen molar-refractivity contribution in [1.29, 1.82) is 0 Å². The van der Waals surface area contributed by atoms with Crippen LogP contribution in [0.1, 0.15) is 155 Å². The van der Waals surface area contributed by atoms with E-state index >= 15 is 0 Å². The van der Waals surface area contributed by atoms with Crippen molar-refractivity contribution in [2.24, 2.45) is 5.73 Å². The summed E-state index contributed by atoms with van der Waals surface area (Å²) in [7, 11) is -4.75. The number of unbranched alkanes of at least 4 members (excludes halogenated alkanes) is 10. The molecule has 0 fully saturated rings. The van der Waals surface area contributed by atoms with Crippen molar-refractivity contribution >= 4 is 25.7 Å². The third-order valence-electron chi connectivity index (χ3n) is 8.80. The molecular weight excluding hydrogens is 781 g/mol. The molecular formula is C48H78NO10P. The fourth-order valence-corrected chi connectivity index (χ4v) is 6.05. The normalized spacial score (nSPS) is 14.6. The second-order valence-corrected chi connectivity index (χ2v) is 15.9. The highest BCUT2D eigenvalue weighted by atomic mass is 31.2. The minimum absolute atomic E-state index is 0.0721. The van der Waals surface area contributed by atoms with Gasteiger partial charge >= 0.3 is 25.7 Å². The SMILES string of the molecule is CCCCC/C=C/C/C=C/C/C=C/C/C=C/CCCCCC(=O)OC[C@H](COP(=O)(O)OC[C@H](N)C(=O)O)OC(=O)CCC/C=C/C/C=C/C/C=C/C/C=C/CCCCC. The van der Waals surface area contributed by atoms with E-state index in [9.17, 15) is 23.8 Å². The molecule has 0 aliphatic heterocycles. The molecule has 0 rings (SSSR count). The van der Waals surface area contributed by atoms with Gasteiger partial charge in [0.05, 0.1) is 13.2 Å². The van der Waals surface area contributed by atoms with Gasteiger partial charge in [-0.1, -0.05) is 143 Å². The molecule has 0 spiro atoms. The number of esters is 2. The van der Waals surface area contributed by atoms with Crippen molar-refractivity contribution in [3.8, 4) is 0 Å². The molecule has 11 nitrogen and oxygen atoms in total. The van der Waals surface area contributed by atoms with E-state index in [-0.39, 0.29) is 12.8 Å². The molecule has 12 heteroatoms. The summed E-state index contributed by atoms with van der Waals surface area (Å²) in [5.41, 5.74) is 5.33. The van der Waals surface area contributed by atoms with Gasteiger partial charge in [0.15, 0.2) is 6.10 Å². The molecule has 0 amide bonds. The Balaban J connectivity index is 4.53. The predicted octanol–water partition coefficient (Wildman–Crippen LogP) is 12.1. The summed E-state index contributed by atoms with van der Waals surface area (Å²) < 4.78 is 32.6. The number of carboxylic acids is 1. The molecule has 0 aliphatic rings. The predicted molar refractivity (Wildman–Crippen MR) is 244 cm³/mol. The molecule has 0 bridgehead atoms. The van der Waals surface area contributed by atoms with E-state index in [1.54, 1.807) is 0 Å². The molecule has 0 aromatic carbocycles. The number of carboxylic acid groups (broad SMARTS) is 1. The van der Waals surface area contributed by atoms with Crippen LogP contribution in [0.15, 0.2) is 97.2 Å². The van der Waals surface area contributed by atoms with Gasteiger partial charge in [0.1, 0.15) is 12.6 Å². The topological polar surface area (TPSA) is 172 Å². The van der Waals surface area contributed by atoms with Gasteiger partial charge in [0, 0.05) is 12.8 Å². The summed E-state index contributed by atoms with van der Waals surface area (Å²) in [6.45, 7) is 2.64. The van der Waals surface area contributed by atoms with Gasteiger partial charge in [-0.2, -0.15) is 0 Å². The number of hydrogen-bond acceptors (Lipinski definition) is 9. The number of rotatable bonds is 40. The van der Waals surface area contributed by atoms with E-state index in [4.69, 9.17) is 24.8 Å². The van der Waals surface area contributed by atoms with Crippen molar-refractivity contribution in [1.82, 2.24) is 0 Å². The number of nitrogens with two attached hydrogens (primary N) is 1. The van der Waals surface area contributed by atoms with Crippen LogP contribution in [0, 0.1) is 0 Å². The number of carbonyl (C=O) groups excluding carboxylic acids is 2. The first-order chi connectivity index (χ1) is 29.1. The van der Waals surface area contributed by atoms with Crippen molar-refractivity contribution in [2.45, 2.75) is 167 Å². The van der Waals surface area contributed by atoms with Gasteiger partial charge in [-0.25, -0.2) is 4.57 Å². The Labute approximate surface area is 362 Å². The Morgan fingerprint density at radius 1 is 0.517 bits per heavy atom. The average molecular weight is 860 g/mol. The number of aliphatic carboxylic acids is 1. The van der Waals surface area contributed by atoms with E-state index < -0.39 is 57.7 Å². The molecule has 0 aromatic heterocycles. The van der Waals surface area contributed by atoms with Crippen LogP contribution in [0.3, 0.4) is 0 Å². The number of phosphoric ester groups is 1. The largest absolute Gasteiger partial charge is 0.480 e. The summed E-state index contributed by atoms with van der Waals surface area (Å²) in [4.78, 5) is 46.0. The summed E-state index contributed by atoms with van der Waals surface area (Å²) in [5, 5.41) is 8.89. The van der Waals surface area contributed by atoms with E-state index in [0.717, 1.165) is 64.2 Å². The van der Waals surface area contributed by atoms with Gasteiger partial charge in [-0.05, 0) is 96.3 Å². The molecule has 0 aliphatic carbocycles. The lowest BCUT2D eigenvalue weighted by atomic mass is 10.1. The maximum absolute atomic E-state index is 12.6. The van der Waals surface area contributed by atoms with E-state index in [1.807, 2.05) is 12.2 Å². The molecule has 60 heavy (non-hydrogen) atoms. The Bertz CT molecular complexity index is 1380. The van der Waals surface area contributed by atoms with Crippen molar-refractivity contribution < 1.29 is 47.5 Å². The smallest absolute Gasteiger partial charge is 0.472 e. The summed E-state index contributed by atoms with van der Waals surface area (Å²) in [6.07, 6.45) is 53.3. The molecule has 0 saturated heterocycles. The number of phosphoric acid groups is 1. The molecule has 0 radical (unpaired) electrons. The van der Waals surface area contributed by atoms with E-state index in [0.29, 0.717) is 19.3 Å². The number of ether oxygens (including phenoxy) is 2. The first-order valence-corrected chi connectivity index (χ1v) is 23.8. The number of carbonyl (C=O) groups is 3. The maximum Gasteiger partial charge on any atom is 0.472 e. The lowest BCUT2D eigenvalue weighted by Gasteiger charge is -2.20. The lowest BCUT2D eigenvalue weighted by Crippen LogP contribution is -2.34. The quantitative estimate of drug-likeness (QED) is 0.0232. The third kappa shape index (κ3) is 41.1. The zero-order valence-electron chi connectivity index (χ0n) is 36.8. The van der Waals surface area contributed by atoms with Crippen LogP contribution in [0.25, 0.3) is 0 Å². The highest BCUT2D eigenvalue weighted by Crippen LogP contribution is 2.43. The summed E-state index contributed by atoms with van der Waals surface area (Å²) >= 11 is 0. The molecule has 340 valence electrons. The zero-order valence-corrected chi connectivity index (χ0v) is 37.6. The first kappa shape index (κ1) is 56.4. The minimum atomic E-state index is -4.75. The fraction of sp³-hybridized carbons (Fsp3) is 0.604. The van der Waals surface area contributed by atoms with Crippen LogP contribution in [0.4, 0.5) is 0 Å². The maximum atomic E-state index is 12.6. The van der Waals surface area contributed by atoms with Gasteiger partial charge in [-0.15, -0.1) is 0 Å². The molecule has 0 aromatic rings. The fourth-order valence-electron chi connectivity index (χ4n) is 5.27. The number of allylic oxidation sites excluding steroid dienone is 16. The van der Waals surface area contributed by atoms with Crippen molar-refractivity contribution in [2.75, 3.05) is 19.8 Å². The van der Waals surface area contributed by atoms with Crippen LogP contribution in [0.2, 0.25) is 0 Å². The van der Waals surface area contributed by atoms with Crippen molar-refractivity contribution in [3.05, 3.63) is 97.2 Å². The molecule has 0 saturated carbocycles. The van der Waals surface area contributed by atoms with Crippen LogP contribution >= 0.6 is 7.82 Å². The highest BCUT2D eigenvalue weighted by molar-refractivity contribution is 7.47. The Hall–Kier alpha value is -3.60. The van der Waals surface area contributed by atoms with Crippen LogP contribution < -0.4 is 5.73 Å². The minimum Gasteiger partial charge on any atom is -0.480 e. The monoisotopic (exact) mass is 860 g/mol. The molecule has 1 unspecified atom stereocenters. The first-order valence-electron chi connectivity index (χ1n) is 22.3. The van der Waals surface area contributed by atoms with Gasteiger partial charge < -0.3 is 25.2 Å². The second-order valence-electron chi connectivity index (χ2n) is 14.5. The van der Waals surface area contributed by atoms with Gasteiger partial charge in [0.2, 0.25) is 0 Å². The zero-order chi connectivity index (χ0) is 44.2. The molecule has 4 N–H and O–H groups in total. The number of hydrogen-bond donors (Lipinski definition) is 3. The van der Waals surface area contributed by atoms with E-state index in [1.165, 1.54) is 44.9 Å². The standard InChI is InChI=1S/C48H78NO10P/c1-3-5-7-9-11-13-15-17-19-21-22-24-25-27-29-31-33-35-37-39-46(50)56-41-44(42-57-60(54,55)58-43-45(49)48(52)53)59-47(51)40-38-36-34-32-30-28-26-23-20-18-16-14-12-10-8-6-4-2/h11-14,17-20,22,24,26-29,32,34,44-45H,3-10,15-16,21,23,25,30-31,33,35-43,49H2,1-2H3,(H,52,53)(H,54,55)/b13-11+,14-12+,19-17+,20-18+,24-22+,28-26+,29-27+,34-32+/t44-,45+/m1/s1. The average Bonchev–Trinajstić information content (AvgIpc) is 3.22. The Morgan fingerprint density at radius 3 is 1.33 bits per heavy atom. The molecule has 3 atom stereocenters. The Kier molecular flexibility index (Phi) is 39.6. The third-order valence-corrected chi connectivity index (χ3v) is 9.76. The lowest BCUT2D eigenvalue weighted by molar-refractivity contribution is -0.161. The highest BCUT2D eigenvalue weighted by Gasteiger charge is 2.28. The summed E-state index contributed by atoms with van der Waals surface area (Å²) in [5.74, 6) is -2.51. The Morgan fingerprint density at radius 2 is 0.900 bits per heavy atom. The second kappa shape index (κ2) is 42.1. The molecule has 0 heterocycles. The van der Waals surface area contributed by atoms with E-state index in [2.05, 4.69) is 103 Å². The van der Waals surface area contributed by atoms with Crippen LogP contribution in [-0.2, 0) is 37.5 Å². The van der Waals surface area contributed by atoms with Crippen molar-refractivity contribution in [3.63, 3.8) is 0 Å². The van der Waals surface area contributed by atoms with Crippen LogP contribution in [0.5, 0.6) is 0 Å². The van der Waals surface area contributed by atoms with Gasteiger partial charge in [-0.3, -0.25) is 23.4 Å².